The normalized spacial score (nSPS) is 13.4. The molecule has 0 saturated carbocycles. The van der Waals surface area contributed by atoms with Crippen LogP contribution in [0.4, 0.5) is 23.0 Å². The molecule has 0 unspecified atom stereocenters. The Labute approximate surface area is 180 Å². The minimum atomic E-state index is -0.225. The lowest BCUT2D eigenvalue weighted by Crippen LogP contribution is -2.36. The number of ether oxygens (including phenoxy) is 1. The quantitative estimate of drug-likeness (QED) is 0.658. The summed E-state index contributed by atoms with van der Waals surface area (Å²) in [6.07, 6.45) is 1.67. The molecule has 2 heterocycles. The van der Waals surface area contributed by atoms with E-state index in [1.54, 1.807) is 24.4 Å². The van der Waals surface area contributed by atoms with E-state index in [1.165, 1.54) is 6.92 Å². The molecule has 8 nitrogen and oxygen atoms in total. The second-order valence-corrected chi connectivity index (χ2v) is 7.09. The van der Waals surface area contributed by atoms with Crippen LogP contribution in [0, 0.1) is 11.3 Å². The summed E-state index contributed by atoms with van der Waals surface area (Å²) in [4.78, 5) is 22.5. The van der Waals surface area contributed by atoms with Crippen molar-refractivity contribution in [3.8, 4) is 17.3 Å². The second kappa shape index (κ2) is 9.24. The fourth-order valence-electron chi connectivity index (χ4n) is 3.38. The van der Waals surface area contributed by atoms with Gasteiger partial charge in [0.2, 0.25) is 11.9 Å². The van der Waals surface area contributed by atoms with E-state index in [9.17, 15) is 10.1 Å². The van der Waals surface area contributed by atoms with Gasteiger partial charge in [-0.25, -0.2) is 9.97 Å². The Kier molecular flexibility index (Phi) is 6.05. The number of hydrogen-bond donors (Lipinski definition) is 2. The number of carbonyl (C=O) groups is 1. The van der Waals surface area contributed by atoms with Crippen molar-refractivity contribution in [1.82, 2.24) is 9.97 Å². The van der Waals surface area contributed by atoms with Crippen molar-refractivity contribution >= 4 is 28.9 Å². The zero-order chi connectivity index (χ0) is 21.6. The molecule has 1 saturated heterocycles. The number of nitriles is 1. The first kappa shape index (κ1) is 20.3. The average molecular weight is 414 g/mol. The number of nitrogens with zero attached hydrogens (tertiary/aromatic N) is 4. The molecule has 0 atom stereocenters. The maximum Gasteiger partial charge on any atom is 0.227 e. The first-order valence-corrected chi connectivity index (χ1v) is 9.97. The topological polar surface area (TPSA) is 103 Å². The van der Waals surface area contributed by atoms with E-state index in [4.69, 9.17) is 4.74 Å². The Hall–Kier alpha value is -3.96. The fraction of sp³-hybridized carbons (Fsp3) is 0.217. The summed E-state index contributed by atoms with van der Waals surface area (Å²) in [6.45, 7) is 4.69. The zero-order valence-electron chi connectivity index (χ0n) is 17.1. The number of rotatable bonds is 5. The number of nitrogens with one attached hydrogen (secondary N) is 2. The van der Waals surface area contributed by atoms with Crippen molar-refractivity contribution in [2.75, 3.05) is 41.8 Å². The molecule has 156 valence electrons. The molecule has 31 heavy (non-hydrogen) atoms. The van der Waals surface area contributed by atoms with Crippen LogP contribution in [0.15, 0.2) is 54.7 Å². The maximum atomic E-state index is 11.3. The number of hydrogen-bond acceptors (Lipinski definition) is 7. The Balaban J connectivity index is 1.51. The van der Waals surface area contributed by atoms with E-state index < -0.39 is 0 Å². The molecule has 0 spiro atoms. The molecule has 2 N–H and O–H groups in total. The van der Waals surface area contributed by atoms with Gasteiger partial charge in [-0.1, -0.05) is 6.07 Å². The van der Waals surface area contributed by atoms with Crippen molar-refractivity contribution in [1.29, 1.82) is 5.26 Å². The molecular formula is C23H22N6O2. The van der Waals surface area contributed by atoms with Gasteiger partial charge in [-0.2, -0.15) is 5.26 Å². The molecular weight excluding hydrogens is 392 g/mol. The number of amides is 1. The second-order valence-electron chi connectivity index (χ2n) is 7.09. The highest BCUT2D eigenvalue weighted by Crippen LogP contribution is 2.25. The van der Waals surface area contributed by atoms with Gasteiger partial charge in [-0.15, -0.1) is 0 Å². The smallest absolute Gasteiger partial charge is 0.227 e. The largest absolute Gasteiger partial charge is 0.378 e. The number of anilines is 4. The average Bonchev–Trinajstić information content (AvgIpc) is 2.80. The number of morpholine rings is 1. The highest BCUT2D eigenvalue weighted by atomic mass is 16.5. The first-order chi connectivity index (χ1) is 15.1. The van der Waals surface area contributed by atoms with Crippen LogP contribution in [0.3, 0.4) is 0 Å². The Morgan fingerprint density at radius 1 is 1.13 bits per heavy atom. The lowest BCUT2D eigenvalue weighted by atomic mass is 10.1. The van der Waals surface area contributed by atoms with Gasteiger partial charge in [0.25, 0.3) is 0 Å². The van der Waals surface area contributed by atoms with Crippen LogP contribution in [0.2, 0.25) is 0 Å². The monoisotopic (exact) mass is 414 g/mol. The SMILES string of the molecule is CC(=O)Nc1ccc(-c2ccnc(Nc3ccc(N4CCOCC4)cc3)n2)cc1C#N. The third-order valence-corrected chi connectivity index (χ3v) is 4.90. The molecule has 0 aliphatic carbocycles. The molecule has 1 aliphatic heterocycles. The molecule has 1 aromatic heterocycles. The van der Waals surface area contributed by atoms with Gasteiger partial charge in [0.1, 0.15) is 6.07 Å². The molecule has 2 aromatic carbocycles. The summed E-state index contributed by atoms with van der Waals surface area (Å²) in [5.41, 5.74) is 4.33. The number of carbonyl (C=O) groups excluding carboxylic acids is 1. The fourth-order valence-corrected chi connectivity index (χ4v) is 3.38. The van der Waals surface area contributed by atoms with E-state index in [1.807, 2.05) is 18.2 Å². The number of aromatic nitrogens is 2. The van der Waals surface area contributed by atoms with Crippen molar-refractivity contribution in [3.63, 3.8) is 0 Å². The summed E-state index contributed by atoms with van der Waals surface area (Å²) in [6, 6.07) is 17.2. The minimum absolute atomic E-state index is 0.225. The van der Waals surface area contributed by atoms with Gasteiger partial charge in [0, 0.05) is 43.1 Å². The van der Waals surface area contributed by atoms with E-state index in [0.717, 1.165) is 43.2 Å². The lowest BCUT2D eigenvalue weighted by Gasteiger charge is -2.28. The Morgan fingerprint density at radius 2 is 1.90 bits per heavy atom. The molecule has 4 rings (SSSR count). The van der Waals surface area contributed by atoms with Crippen molar-refractivity contribution < 1.29 is 9.53 Å². The molecule has 1 fully saturated rings. The van der Waals surface area contributed by atoms with Gasteiger partial charge in [0.15, 0.2) is 0 Å². The van der Waals surface area contributed by atoms with Gasteiger partial charge < -0.3 is 20.3 Å². The highest BCUT2D eigenvalue weighted by Gasteiger charge is 2.11. The van der Waals surface area contributed by atoms with Crippen LogP contribution in [-0.4, -0.2) is 42.2 Å². The molecule has 8 heteroatoms. The standard InChI is InChI=1S/C23H22N6O2/c1-16(30)26-21-7-2-17(14-18(21)15-24)22-8-9-25-23(28-22)27-19-3-5-20(6-4-19)29-10-12-31-13-11-29/h2-9,14H,10-13H2,1H3,(H,26,30)(H,25,27,28). The predicted molar refractivity (Wildman–Crippen MR) is 119 cm³/mol. The Bertz CT molecular complexity index is 1120. The van der Waals surface area contributed by atoms with Gasteiger partial charge in [-0.05, 0) is 42.5 Å². The van der Waals surface area contributed by atoms with Crippen LogP contribution < -0.4 is 15.5 Å². The van der Waals surface area contributed by atoms with E-state index in [0.29, 0.717) is 22.9 Å². The van der Waals surface area contributed by atoms with E-state index >= 15 is 0 Å². The molecule has 1 aliphatic rings. The first-order valence-electron chi connectivity index (χ1n) is 9.97. The zero-order valence-corrected chi connectivity index (χ0v) is 17.1. The van der Waals surface area contributed by atoms with Crippen LogP contribution in [0.25, 0.3) is 11.3 Å². The summed E-state index contributed by atoms with van der Waals surface area (Å²) in [7, 11) is 0. The highest BCUT2D eigenvalue weighted by molar-refractivity contribution is 5.90. The summed E-state index contributed by atoms with van der Waals surface area (Å²) >= 11 is 0. The van der Waals surface area contributed by atoms with Gasteiger partial charge in [-0.3, -0.25) is 4.79 Å². The van der Waals surface area contributed by atoms with Crippen LogP contribution in [0.5, 0.6) is 0 Å². The Morgan fingerprint density at radius 3 is 2.61 bits per heavy atom. The molecule has 0 radical (unpaired) electrons. The third kappa shape index (κ3) is 4.97. The summed E-state index contributed by atoms with van der Waals surface area (Å²) in [5.74, 6) is 0.235. The van der Waals surface area contributed by atoms with Crippen LogP contribution in [-0.2, 0) is 9.53 Å². The third-order valence-electron chi connectivity index (χ3n) is 4.90. The van der Waals surface area contributed by atoms with Crippen molar-refractivity contribution in [2.45, 2.75) is 6.92 Å². The van der Waals surface area contributed by atoms with Crippen molar-refractivity contribution in [2.24, 2.45) is 0 Å². The minimum Gasteiger partial charge on any atom is -0.378 e. The van der Waals surface area contributed by atoms with E-state index in [-0.39, 0.29) is 5.91 Å². The molecule has 1 amide bonds. The van der Waals surface area contributed by atoms with Crippen LogP contribution in [0.1, 0.15) is 12.5 Å². The van der Waals surface area contributed by atoms with Gasteiger partial charge in [0.05, 0.1) is 30.2 Å². The maximum absolute atomic E-state index is 11.3. The number of benzene rings is 2. The van der Waals surface area contributed by atoms with Crippen molar-refractivity contribution in [3.05, 3.63) is 60.3 Å². The summed E-state index contributed by atoms with van der Waals surface area (Å²) in [5, 5.41) is 15.3. The van der Waals surface area contributed by atoms with E-state index in [2.05, 4.69) is 43.7 Å². The summed E-state index contributed by atoms with van der Waals surface area (Å²) < 4.78 is 5.40. The lowest BCUT2D eigenvalue weighted by molar-refractivity contribution is -0.114. The van der Waals surface area contributed by atoms with Crippen LogP contribution >= 0.6 is 0 Å². The van der Waals surface area contributed by atoms with Gasteiger partial charge >= 0.3 is 0 Å². The molecule has 0 bridgehead atoms. The molecule has 3 aromatic rings. The predicted octanol–water partition coefficient (Wildman–Crippen LogP) is 3.55.